The number of aromatic amines is 1. The molecule has 0 radical (unpaired) electrons. The van der Waals surface area contributed by atoms with E-state index in [9.17, 15) is 29.1 Å². The van der Waals surface area contributed by atoms with Crippen molar-refractivity contribution in [2.24, 2.45) is 11.5 Å². The molecule has 1 aromatic heterocycles. The highest BCUT2D eigenvalue weighted by molar-refractivity contribution is 5.92. The van der Waals surface area contributed by atoms with Gasteiger partial charge in [0.05, 0.1) is 18.9 Å². The standard InChI is InChI=1S/C22H29N7O6/c23-15(6-7-18(24)30)20(32)26-11-19(31)28-16(8-13-4-2-1-3-5-13)21(33)29-17(22(34)35)9-14-10-25-12-27-14/h1-5,10,12,15-17H,6-9,11,23H2,(H2,24,30)(H,25,27)(H,26,32)(H,28,31)(H,29,33)(H,34,35). The summed E-state index contributed by atoms with van der Waals surface area (Å²) >= 11 is 0. The van der Waals surface area contributed by atoms with Crippen molar-refractivity contribution in [3.63, 3.8) is 0 Å². The molecule has 0 saturated carbocycles. The molecule has 1 heterocycles. The number of carbonyl (C=O) groups excluding carboxylic acids is 4. The number of carbonyl (C=O) groups is 5. The van der Waals surface area contributed by atoms with Crippen LogP contribution in [0.3, 0.4) is 0 Å². The first-order valence-corrected chi connectivity index (χ1v) is 10.8. The van der Waals surface area contributed by atoms with Gasteiger partial charge in [0, 0.05) is 31.2 Å². The number of hydrogen-bond donors (Lipinski definition) is 7. The van der Waals surface area contributed by atoms with Gasteiger partial charge in [0.15, 0.2) is 0 Å². The molecule has 0 fully saturated rings. The average Bonchev–Trinajstić information content (AvgIpc) is 3.33. The highest BCUT2D eigenvalue weighted by Gasteiger charge is 2.27. The van der Waals surface area contributed by atoms with Crippen LogP contribution in [0.1, 0.15) is 24.1 Å². The first-order chi connectivity index (χ1) is 16.7. The molecular formula is C22H29N7O6. The zero-order valence-corrected chi connectivity index (χ0v) is 18.9. The van der Waals surface area contributed by atoms with E-state index in [0.29, 0.717) is 5.69 Å². The fourth-order valence-corrected chi connectivity index (χ4v) is 3.12. The summed E-state index contributed by atoms with van der Waals surface area (Å²) in [5, 5.41) is 16.8. The van der Waals surface area contributed by atoms with Crippen molar-refractivity contribution >= 4 is 29.6 Å². The topological polar surface area (TPSA) is 222 Å². The number of imidazole rings is 1. The first-order valence-electron chi connectivity index (χ1n) is 10.8. The second kappa shape index (κ2) is 13.4. The van der Waals surface area contributed by atoms with Gasteiger partial charge in [-0.25, -0.2) is 9.78 Å². The summed E-state index contributed by atoms with van der Waals surface area (Å²) in [6.45, 7) is -0.474. The van der Waals surface area contributed by atoms with Crippen molar-refractivity contribution in [3.05, 3.63) is 54.1 Å². The molecule has 188 valence electrons. The lowest BCUT2D eigenvalue weighted by molar-refractivity contribution is -0.142. The minimum atomic E-state index is -1.26. The molecule has 0 aliphatic carbocycles. The van der Waals surface area contributed by atoms with Crippen LogP contribution in [0.4, 0.5) is 0 Å². The number of aliphatic carboxylic acids is 1. The van der Waals surface area contributed by atoms with Crippen LogP contribution in [-0.4, -0.2) is 69.3 Å². The number of benzene rings is 1. The number of carboxylic acids is 1. The lowest BCUT2D eigenvalue weighted by Gasteiger charge is -2.22. The minimum absolute atomic E-state index is 0.0226. The molecule has 0 aliphatic heterocycles. The van der Waals surface area contributed by atoms with Crippen molar-refractivity contribution in [3.8, 4) is 0 Å². The van der Waals surface area contributed by atoms with Crippen LogP contribution in [0.15, 0.2) is 42.9 Å². The van der Waals surface area contributed by atoms with Gasteiger partial charge >= 0.3 is 5.97 Å². The quantitative estimate of drug-likeness (QED) is 0.157. The third-order valence-corrected chi connectivity index (χ3v) is 4.99. The summed E-state index contributed by atoms with van der Waals surface area (Å²) in [5.74, 6) is -3.91. The molecule has 13 nitrogen and oxygen atoms in total. The Bertz CT molecular complexity index is 1010. The number of nitrogens with zero attached hydrogens (tertiary/aromatic N) is 1. The van der Waals surface area contributed by atoms with Crippen LogP contribution in [0.25, 0.3) is 0 Å². The Hall–Kier alpha value is -4.26. The maximum Gasteiger partial charge on any atom is 0.326 e. The zero-order valence-electron chi connectivity index (χ0n) is 18.9. The van der Waals surface area contributed by atoms with E-state index in [4.69, 9.17) is 11.5 Å². The number of amides is 4. The molecule has 0 spiro atoms. The summed E-state index contributed by atoms with van der Waals surface area (Å²) in [5.41, 5.74) is 11.9. The molecule has 4 amide bonds. The summed E-state index contributed by atoms with van der Waals surface area (Å²) < 4.78 is 0. The SMILES string of the molecule is NC(=O)CCC(N)C(=O)NCC(=O)NC(Cc1ccccc1)C(=O)NC(Cc1cnc[nH]1)C(=O)O. The van der Waals surface area contributed by atoms with Crippen molar-refractivity contribution in [2.45, 2.75) is 43.8 Å². The molecule has 3 atom stereocenters. The van der Waals surface area contributed by atoms with Crippen LogP contribution >= 0.6 is 0 Å². The number of rotatable bonds is 14. The molecule has 0 bridgehead atoms. The van der Waals surface area contributed by atoms with E-state index in [-0.39, 0.29) is 25.7 Å². The Morgan fingerprint density at radius 2 is 1.71 bits per heavy atom. The van der Waals surface area contributed by atoms with E-state index in [1.54, 1.807) is 30.3 Å². The number of aromatic nitrogens is 2. The van der Waals surface area contributed by atoms with Gasteiger partial charge in [-0.2, -0.15) is 0 Å². The maximum atomic E-state index is 13.0. The van der Waals surface area contributed by atoms with Gasteiger partial charge in [-0.05, 0) is 12.0 Å². The smallest absolute Gasteiger partial charge is 0.326 e. The molecule has 2 aromatic rings. The van der Waals surface area contributed by atoms with E-state index in [2.05, 4.69) is 25.9 Å². The van der Waals surface area contributed by atoms with Crippen molar-refractivity contribution < 1.29 is 29.1 Å². The normalized spacial score (nSPS) is 13.2. The molecular weight excluding hydrogens is 458 g/mol. The highest BCUT2D eigenvalue weighted by atomic mass is 16.4. The molecule has 9 N–H and O–H groups in total. The summed E-state index contributed by atoms with van der Waals surface area (Å²) in [6.07, 6.45) is 2.83. The van der Waals surface area contributed by atoms with Crippen LogP contribution in [0.5, 0.6) is 0 Å². The second-order valence-electron chi connectivity index (χ2n) is 7.82. The Kier molecular flexibility index (Phi) is 10.4. The second-order valence-corrected chi connectivity index (χ2v) is 7.82. The average molecular weight is 488 g/mol. The number of H-pyrrole nitrogens is 1. The van der Waals surface area contributed by atoms with E-state index >= 15 is 0 Å². The number of hydrogen-bond acceptors (Lipinski definition) is 7. The number of nitrogens with two attached hydrogens (primary N) is 2. The van der Waals surface area contributed by atoms with Gasteiger partial charge in [-0.1, -0.05) is 30.3 Å². The molecule has 2 rings (SSSR count). The van der Waals surface area contributed by atoms with E-state index < -0.39 is 54.3 Å². The Labute approximate surface area is 201 Å². The first kappa shape index (κ1) is 27.0. The molecule has 0 aliphatic rings. The van der Waals surface area contributed by atoms with Crippen LogP contribution < -0.4 is 27.4 Å². The van der Waals surface area contributed by atoms with Crippen molar-refractivity contribution in [2.75, 3.05) is 6.54 Å². The zero-order chi connectivity index (χ0) is 25.8. The molecule has 0 saturated heterocycles. The van der Waals surface area contributed by atoms with Crippen LogP contribution in [0.2, 0.25) is 0 Å². The van der Waals surface area contributed by atoms with Gasteiger partial charge in [-0.15, -0.1) is 0 Å². The number of nitrogens with one attached hydrogen (secondary N) is 4. The van der Waals surface area contributed by atoms with Gasteiger partial charge in [0.25, 0.3) is 0 Å². The minimum Gasteiger partial charge on any atom is -0.480 e. The van der Waals surface area contributed by atoms with Crippen LogP contribution in [0, 0.1) is 0 Å². The monoisotopic (exact) mass is 487 g/mol. The highest BCUT2D eigenvalue weighted by Crippen LogP contribution is 2.06. The van der Waals surface area contributed by atoms with Crippen LogP contribution in [-0.2, 0) is 36.8 Å². The van der Waals surface area contributed by atoms with E-state index in [1.165, 1.54) is 12.5 Å². The Balaban J connectivity index is 2.02. The summed E-state index contributed by atoms with van der Waals surface area (Å²) in [4.78, 5) is 66.6. The number of carboxylic acid groups (broad SMARTS) is 1. The fraction of sp³-hybridized carbons (Fsp3) is 0.364. The maximum absolute atomic E-state index is 13.0. The third-order valence-electron chi connectivity index (χ3n) is 4.99. The predicted molar refractivity (Wildman–Crippen MR) is 123 cm³/mol. The molecule has 1 aromatic carbocycles. The van der Waals surface area contributed by atoms with Gasteiger partial charge in [0.2, 0.25) is 23.6 Å². The summed E-state index contributed by atoms with van der Waals surface area (Å²) in [7, 11) is 0. The molecule has 3 unspecified atom stereocenters. The number of primary amides is 1. The van der Waals surface area contributed by atoms with Crippen molar-refractivity contribution in [1.82, 2.24) is 25.9 Å². The molecule has 35 heavy (non-hydrogen) atoms. The van der Waals surface area contributed by atoms with Crippen molar-refractivity contribution in [1.29, 1.82) is 0 Å². The lowest BCUT2D eigenvalue weighted by Crippen LogP contribution is -2.55. The largest absolute Gasteiger partial charge is 0.480 e. The van der Waals surface area contributed by atoms with E-state index in [0.717, 1.165) is 5.56 Å². The lowest BCUT2D eigenvalue weighted by atomic mass is 10.0. The molecule has 13 heteroatoms. The van der Waals surface area contributed by atoms with Gasteiger partial charge in [0.1, 0.15) is 12.1 Å². The summed E-state index contributed by atoms with van der Waals surface area (Å²) in [6, 6.07) is 5.42. The predicted octanol–water partition coefficient (Wildman–Crippen LogP) is -2.04. The Morgan fingerprint density at radius 3 is 2.31 bits per heavy atom. The van der Waals surface area contributed by atoms with Gasteiger partial charge in [-0.3, -0.25) is 19.2 Å². The van der Waals surface area contributed by atoms with Gasteiger partial charge < -0.3 is 37.5 Å². The van der Waals surface area contributed by atoms with E-state index in [1.807, 2.05) is 0 Å². The fourth-order valence-electron chi connectivity index (χ4n) is 3.12. The Morgan fingerprint density at radius 1 is 1.00 bits per heavy atom. The third kappa shape index (κ3) is 9.63.